The number of hydrogen-bond donors (Lipinski definition) is 4. The minimum atomic E-state index is -1.23. The third kappa shape index (κ3) is 6.39. The van der Waals surface area contributed by atoms with Crippen LogP contribution in [0.3, 0.4) is 0 Å². The lowest BCUT2D eigenvalue weighted by Crippen LogP contribution is -2.06. The van der Waals surface area contributed by atoms with E-state index in [-0.39, 0.29) is 22.3 Å². The number of carboxylic acids is 4. The Bertz CT molecular complexity index is 1150. The Morgan fingerprint density at radius 2 is 1.03 bits per heavy atom. The van der Waals surface area contributed by atoms with Gasteiger partial charge < -0.3 is 20.4 Å². The molecule has 0 atom stereocenters. The summed E-state index contributed by atoms with van der Waals surface area (Å²) in [5.74, 6) is -4.63. The van der Waals surface area contributed by atoms with Gasteiger partial charge in [-0.1, -0.05) is 54.6 Å². The van der Waals surface area contributed by atoms with Gasteiger partial charge in [-0.2, -0.15) is 0 Å². The molecule has 0 heterocycles. The molecular weight excluding hydrogens is 416 g/mol. The van der Waals surface area contributed by atoms with Crippen LogP contribution in [0, 0.1) is 0 Å². The molecule has 4 N–H and O–H groups in total. The standard InChI is InChI=1S/C16H12O4.C8H6O4/c17-15(18)13-8-9-14(16(19)20)12(10-13)7-6-11-4-2-1-3-5-11;9-7(10)5-3-1-2-4-6(5)8(11)12/h1-10H,(H,17,18)(H,19,20);1-4H,(H,9,10)(H,11,12). The largest absolute Gasteiger partial charge is 0.478 e. The van der Waals surface area contributed by atoms with Gasteiger partial charge in [0.15, 0.2) is 0 Å². The van der Waals surface area contributed by atoms with Crippen molar-refractivity contribution in [2.45, 2.75) is 0 Å². The first kappa shape index (κ1) is 23.6. The first-order valence-corrected chi connectivity index (χ1v) is 9.10. The van der Waals surface area contributed by atoms with E-state index in [0.29, 0.717) is 5.56 Å². The van der Waals surface area contributed by atoms with Crippen LogP contribution in [0.25, 0.3) is 12.2 Å². The highest BCUT2D eigenvalue weighted by molar-refractivity contribution is 6.01. The molecule has 32 heavy (non-hydrogen) atoms. The first-order chi connectivity index (χ1) is 15.2. The zero-order chi connectivity index (χ0) is 23.7. The van der Waals surface area contributed by atoms with E-state index < -0.39 is 23.9 Å². The van der Waals surface area contributed by atoms with E-state index in [9.17, 15) is 19.2 Å². The molecule has 0 spiro atoms. The Morgan fingerprint density at radius 1 is 0.531 bits per heavy atom. The highest BCUT2D eigenvalue weighted by Gasteiger charge is 2.14. The van der Waals surface area contributed by atoms with E-state index in [1.807, 2.05) is 30.3 Å². The van der Waals surface area contributed by atoms with Crippen LogP contribution in [0.5, 0.6) is 0 Å². The summed E-state index contributed by atoms with van der Waals surface area (Å²) in [7, 11) is 0. The van der Waals surface area contributed by atoms with Gasteiger partial charge in [-0.15, -0.1) is 0 Å². The topological polar surface area (TPSA) is 149 Å². The third-order valence-electron chi connectivity index (χ3n) is 4.17. The van der Waals surface area contributed by atoms with Gasteiger partial charge in [0.2, 0.25) is 0 Å². The molecule has 0 bridgehead atoms. The molecule has 0 aromatic heterocycles. The Kier molecular flexibility index (Phi) is 8.01. The highest BCUT2D eigenvalue weighted by atomic mass is 16.4. The van der Waals surface area contributed by atoms with Crippen LogP contribution in [0.4, 0.5) is 0 Å². The summed E-state index contributed by atoms with van der Waals surface area (Å²) >= 11 is 0. The van der Waals surface area contributed by atoms with E-state index >= 15 is 0 Å². The fourth-order valence-corrected chi connectivity index (χ4v) is 2.63. The van der Waals surface area contributed by atoms with Crippen molar-refractivity contribution >= 4 is 36.0 Å². The molecule has 3 aromatic carbocycles. The second-order valence-electron chi connectivity index (χ2n) is 6.31. The molecule has 0 saturated carbocycles. The molecule has 0 aliphatic heterocycles. The van der Waals surface area contributed by atoms with Crippen molar-refractivity contribution in [1.82, 2.24) is 0 Å². The van der Waals surface area contributed by atoms with Crippen LogP contribution in [0.2, 0.25) is 0 Å². The monoisotopic (exact) mass is 434 g/mol. The summed E-state index contributed by atoms with van der Waals surface area (Å²) in [4.78, 5) is 43.0. The molecule has 0 amide bonds. The maximum atomic E-state index is 11.1. The van der Waals surface area contributed by atoms with E-state index in [0.717, 1.165) is 5.56 Å². The maximum absolute atomic E-state index is 11.1. The number of carboxylic acid groups (broad SMARTS) is 4. The normalized spacial score (nSPS) is 10.1. The van der Waals surface area contributed by atoms with Crippen LogP contribution in [-0.2, 0) is 0 Å². The van der Waals surface area contributed by atoms with Gasteiger partial charge in [-0.3, -0.25) is 0 Å². The van der Waals surface area contributed by atoms with Crippen molar-refractivity contribution in [3.63, 3.8) is 0 Å². The summed E-state index contributed by atoms with van der Waals surface area (Å²) in [6, 6.07) is 18.8. The smallest absolute Gasteiger partial charge is 0.336 e. The van der Waals surface area contributed by atoms with Crippen molar-refractivity contribution in [3.8, 4) is 0 Å². The van der Waals surface area contributed by atoms with E-state index in [2.05, 4.69) is 0 Å². The molecule has 0 saturated heterocycles. The zero-order valence-corrected chi connectivity index (χ0v) is 16.5. The lowest BCUT2D eigenvalue weighted by molar-refractivity contribution is 0.0651. The van der Waals surface area contributed by atoms with Gasteiger partial charge >= 0.3 is 23.9 Å². The molecule has 0 aliphatic carbocycles. The lowest BCUT2D eigenvalue weighted by atomic mass is 10.0. The van der Waals surface area contributed by atoms with Crippen molar-refractivity contribution in [1.29, 1.82) is 0 Å². The second-order valence-corrected chi connectivity index (χ2v) is 6.31. The van der Waals surface area contributed by atoms with Crippen LogP contribution < -0.4 is 0 Å². The Hall–Kier alpha value is -4.72. The quantitative estimate of drug-likeness (QED) is 0.419. The van der Waals surface area contributed by atoms with Gasteiger partial charge in [-0.25, -0.2) is 19.2 Å². The lowest BCUT2D eigenvalue weighted by Gasteiger charge is -2.03. The van der Waals surface area contributed by atoms with Crippen LogP contribution >= 0.6 is 0 Å². The third-order valence-corrected chi connectivity index (χ3v) is 4.17. The van der Waals surface area contributed by atoms with Gasteiger partial charge in [-0.05, 0) is 41.5 Å². The van der Waals surface area contributed by atoms with Crippen LogP contribution in [-0.4, -0.2) is 44.3 Å². The number of carbonyl (C=O) groups is 4. The van der Waals surface area contributed by atoms with E-state index in [4.69, 9.17) is 20.4 Å². The summed E-state index contributed by atoms with van der Waals surface area (Å²) < 4.78 is 0. The zero-order valence-electron chi connectivity index (χ0n) is 16.5. The fourth-order valence-electron chi connectivity index (χ4n) is 2.63. The first-order valence-electron chi connectivity index (χ1n) is 9.10. The van der Waals surface area contributed by atoms with Crippen molar-refractivity contribution < 1.29 is 39.6 Å². The highest BCUT2D eigenvalue weighted by Crippen LogP contribution is 2.16. The Morgan fingerprint density at radius 3 is 1.50 bits per heavy atom. The Balaban J connectivity index is 0.000000258. The van der Waals surface area contributed by atoms with Crippen molar-refractivity contribution in [2.75, 3.05) is 0 Å². The number of hydrogen-bond acceptors (Lipinski definition) is 4. The fraction of sp³-hybridized carbons (Fsp3) is 0. The van der Waals surface area contributed by atoms with Crippen LogP contribution in [0.15, 0.2) is 72.8 Å². The molecule has 0 aliphatic rings. The molecule has 8 nitrogen and oxygen atoms in total. The minimum Gasteiger partial charge on any atom is -0.478 e. The van der Waals surface area contributed by atoms with Gasteiger partial charge in [0.05, 0.1) is 22.3 Å². The van der Waals surface area contributed by atoms with E-state index in [1.54, 1.807) is 12.2 Å². The number of benzene rings is 3. The predicted molar refractivity (Wildman–Crippen MR) is 116 cm³/mol. The van der Waals surface area contributed by atoms with Gasteiger partial charge in [0.1, 0.15) is 0 Å². The summed E-state index contributed by atoms with van der Waals surface area (Å²) in [6.45, 7) is 0. The predicted octanol–water partition coefficient (Wildman–Crippen LogP) is 4.34. The molecule has 0 fully saturated rings. The SMILES string of the molecule is O=C(O)c1ccc(C(=O)O)c(C=Cc2ccccc2)c1.O=C(O)c1ccccc1C(=O)O. The molecule has 0 radical (unpaired) electrons. The Labute approximate surface area is 182 Å². The number of aromatic carboxylic acids is 4. The maximum Gasteiger partial charge on any atom is 0.336 e. The minimum absolute atomic E-state index is 0.0581. The molecule has 0 unspecified atom stereocenters. The molecular formula is C24H18O8. The summed E-state index contributed by atoms with van der Waals surface area (Å²) in [5.41, 5.74) is 1.02. The average molecular weight is 434 g/mol. The number of rotatable bonds is 6. The molecule has 3 rings (SSSR count). The van der Waals surface area contributed by atoms with Gasteiger partial charge in [0, 0.05) is 0 Å². The molecule has 8 heteroatoms. The van der Waals surface area contributed by atoms with Crippen molar-refractivity contribution in [3.05, 3.63) is 106 Å². The van der Waals surface area contributed by atoms with Crippen LogP contribution in [0.1, 0.15) is 52.6 Å². The molecule has 3 aromatic rings. The van der Waals surface area contributed by atoms with Crippen molar-refractivity contribution in [2.24, 2.45) is 0 Å². The summed E-state index contributed by atoms with van der Waals surface area (Å²) in [6.07, 6.45) is 3.35. The average Bonchev–Trinajstić information content (AvgIpc) is 2.78. The van der Waals surface area contributed by atoms with Gasteiger partial charge in [0.25, 0.3) is 0 Å². The summed E-state index contributed by atoms with van der Waals surface area (Å²) in [5, 5.41) is 35.2. The molecule has 162 valence electrons. The second kappa shape index (κ2) is 10.9. The van der Waals surface area contributed by atoms with E-state index in [1.165, 1.54) is 42.5 Å².